The highest BCUT2D eigenvalue weighted by atomic mass is 19.1. The molecule has 3 heterocycles. The molecule has 4 aromatic rings. The van der Waals surface area contributed by atoms with E-state index in [9.17, 15) is 18.4 Å². The number of aromatic nitrogens is 4. The molecule has 1 atom stereocenters. The van der Waals surface area contributed by atoms with Gasteiger partial charge in [0.2, 0.25) is 11.8 Å². The summed E-state index contributed by atoms with van der Waals surface area (Å²) in [6.07, 6.45) is 0.0416. The average molecular weight is 423 g/mol. The van der Waals surface area contributed by atoms with Crippen molar-refractivity contribution in [2.75, 3.05) is 11.4 Å². The van der Waals surface area contributed by atoms with Gasteiger partial charge in [-0.25, -0.2) is 13.5 Å². The van der Waals surface area contributed by atoms with Crippen LogP contribution in [0.5, 0.6) is 0 Å². The molecule has 0 spiro atoms. The second-order valence-electron chi connectivity index (χ2n) is 7.27. The summed E-state index contributed by atoms with van der Waals surface area (Å²) in [6.45, 7) is 0.116. The Morgan fingerprint density at radius 3 is 2.61 bits per heavy atom. The number of carbonyl (C=O) groups is 1. The summed E-state index contributed by atoms with van der Waals surface area (Å²) in [5.74, 6) is -2.02. The molecule has 1 amide bonds. The highest BCUT2D eigenvalue weighted by molar-refractivity contribution is 5.96. The number of hydrogen-bond donors (Lipinski definition) is 0. The molecular formula is C21H15F2N5O3. The lowest BCUT2D eigenvalue weighted by Gasteiger charge is -2.16. The number of rotatable bonds is 3. The van der Waals surface area contributed by atoms with Gasteiger partial charge in [-0.1, -0.05) is 18.2 Å². The topological polar surface area (TPSA) is 94.1 Å². The fraction of sp³-hybridized carbons (Fsp3) is 0.190. The van der Waals surface area contributed by atoms with Crippen LogP contribution in [0.2, 0.25) is 0 Å². The second-order valence-corrected chi connectivity index (χ2v) is 7.27. The van der Waals surface area contributed by atoms with Crippen molar-refractivity contribution in [3.63, 3.8) is 0 Å². The zero-order valence-corrected chi connectivity index (χ0v) is 16.2. The Kier molecular flexibility index (Phi) is 4.35. The number of aryl methyl sites for hydroxylation is 1. The van der Waals surface area contributed by atoms with Crippen LogP contribution in [0, 0.1) is 11.6 Å². The van der Waals surface area contributed by atoms with Crippen LogP contribution in [-0.4, -0.2) is 32.4 Å². The van der Waals surface area contributed by atoms with E-state index in [0.29, 0.717) is 16.5 Å². The summed E-state index contributed by atoms with van der Waals surface area (Å²) in [4.78, 5) is 26.0. The molecule has 31 heavy (non-hydrogen) atoms. The van der Waals surface area contributed by atoms with Gasteiger partial charge in [-0.05, 0) is 18.2 Å². The third-order valence-electron chi connectivity index (χ3n) is 5.27. The maximum absolute atomic E-state index is 14.1. The molecule has 5 rings (SSSR count). The first-order valence-corrected chi connectivity index (χ1v) is 9.47. The Labute approximate surface area is 173 Å². The minimum Gasteiger partial charge on any atom is -0.419 e. The minimum absolute atomic E-state index is 0.000594. The highest BCUT2D eigenvalue weighted by Gasteiger charge is 2.36. The third-order valence-corrected chi connectivity index (χ3v) is 5.27. The van der Waals surface area contributed by atoms with Gasteiger partial charge < -0.3 is 9.32 Å². The number of carbonyl (C=O) groups excluding carboxylic acids is 1. The largest absolute Gasteiger partial charge is 0.419 e. The van der Waals surface area contributed by atoms with Gasteiger partial charge in [-0.3, -0.25) is 9.59 Å². The lowest BCUT2D eigenvalue weighted by Crippen LogP contribution is -2.25. The van der Waals surface area contributed by atoms with Crippen molar-refractivity contribution in [2.45, 2.75) is 12.3 Å². The molecule has 1 saturated heterocycles. The Morgan fingerprint density at radius 1 is 1.06 bits per heavy atom. The van der Waals surface area contributed by atoms with Crippen molar-refractivity contribution >= 4 is 22.4 Å². The number of fused-ring (bicyclic) bond motifs is 1. The van der Waals surface area contributed by atoms with Crippen molar-refractivity contribution in [2.24, 2.45) is 7.05 Å². The standard InChI is InChI=1S/C21H15F2N5O3/c1-27-21(30)14-5-3-2-4-13(14)18(26-27)20-25-24-19(31-20)11-8-17(29)28(10-11)16-7-6-12(22)9-15(16)23/h2-7,9,11H,8,10H2,1H3. The van der Waals surface area contributed by atoms with Crippen LogP contribution in [0.4, 0.5) is 14.5 Å². The molecule has 0 saturated carbocycles. The smallest absolute Gasteiger partial charge is 0.274 e. The van der Waals surface area contributed by atoms with Crippen LogP contribution in [0.1, 0.15) is 18.2 Å². The average Bonchev–Trinajstić information content (AvgIpc) is 3.38. The van der Waals surface area contributed by atoms with E-state index in [0.717, 1.165) is 12.1 Å². The van der Waals surface area contributed by atoms with E-state index in [1.807, 2.05) is 0 Å². The van der Waals surface area contributed by atoms with Crippen LogP contribution in [0.15, 0.2) is 51.7 Å². The zero-order chi connectivity index (χ0) is 21.7. The molecule has 0 radical (unpaired) electrons. The van der Waals surface area contributed by atoms with Crippen molar-refractivity contribution in [1.29, 1.82) is 0 Å². The number of nitrogens with zero attached hydrogens (tertiary/aromatic N) is 5. The predicted octanol–water partition coefficient (Wildman–Crippen LogP) is 2.78. The number of benzene rings is 2. The lowest BCUT2D eigenvalue weighted by molar-refractivity contribution is -0.117. The van der Waals surface area contributed by atoms with Crippen molar-refractivity contribution in [3.05, 3.63) is 70.3 Å². The molecule has 0 aliphatic carbocycles. The van der Waals surface area contributed by atoms with Crippen LogP contribution in [0.3, 0.4) is 0 Å². The van der Waals surface area contributed by atoms with E-state index in [1.54, 1.807) is 24.3 Å². The number of amides is 1. The first kappa shape index (κ1) is 19.0. The summed E-state index contributed by atoms with van der Waals surface area (Å²) < 4.78 is 34.3. The molecule has 8 nitrogen and oxygen atoms in total. The Bertz CT molecular complexity index is 1400. The van der Waals surface area contributed by atoms with Crippen LogP contribution in [-0.2, 0) is 11.8 Å². The maximum Gasteiger partial charge on any atom is 0.274 e. The van der Waals surface area contributed by atoms with Gasteiger partial charge >= 0.3 is 0 Å². The van der Waals surface area contributed by atoms with Crippen LogP contribution >= 0.6 is 0 Å². The van der Waals surface area contributed by atoms with Crippen molar-refractivity contribution in [3.8, 4) is 11.6 Å². The SMILES string of the molecule is Cn1nc(-c2nnc(C3CC(=O)N(c4ccc(F)cc4F)C3)o2)c2ccccc2c1=O. The summed E-state index contributed by atoms with van der Waals surface area (Å²) in [7, 11) is 1.53. The molecule has 1 fully saturated rings. The van der Waals surface area contributed by atoms with Gasteiger partial charge in [-0.15, -0.1) is 10.2 Å². The maximum atomic E-state index is 14.1. The van der Waals surface area contributed by atoms with Gasteiger partial charge in [0.1, 0.15) is 11.6 Å². The van der Waals surface area contributed by atoms with E-state index < -0.39 is 17.6 Å². The normalized spacial score (nSPS) is 16.4. The highest BCUT2D eigenvalue weighted by Crippen LogP contribution is 2.34. The zero-order valence-electron chi connectivity index (χ0n) is 16.2. The first-order chi connectivity index (χ1) is 14.9. The molecular weight excluding hydrogens is 408 g/mol. The minimum atomic E-state index is -0.818. The summed E-state index contributed by atoms with van der Waals surface area (Å²) in [5, 5.41) is 13.4. The number of hydrogen-bond acceptors (Lipinski definition) is 6. The Balaban J connectivity index is 1.48. The van der Waals surface area contributed by atoms with Gasteiger partial charge in [0.15, 0.2) is 5.69 Å². The molecule has 1 aliphatic rings. The Morgan fingerprint density at radius 2 is 1.84 bits per heavy atom. The van der Waals surface area contributed by atoms with E-state index in [1.165, 1.54) is 22.7 Å². The molecule has 156 valence electrons. The van der Waals surface area contributed by atoms with Crippen molar-refractivity contribution < 1.29 is 18.0 Å². The number of anilines is 1. The molecule has 10 heteroatoms. The first-order valence-electron chi connectivity index (χ1n) is 9.47. The summed E-state index contributed by atoms with van der Waals surface area (Å²) in [6, 6.07) is 10.0. The van der Waals surface area contributed by atoms with Gasteiger partial charge in [0.05, 0.1) is 17.0 Å². The molecule has 0 N–H and O–H groups in total. The Hall–Kier alpha value is -3.95. The predicted molar refractivity (Wildman–Crippen MR) is 106 cm³/mol. The molecule has 1 aliphatic heterocycles. The third kappa shape index (κ3) is 3.16. The van der Waals surface area contributed by atoms with E-state index in [-0.39, 0.29) is 41.9 Å². The van der Waals surface area contributed by atoms with Gasteiger partial charge in [0, 0.05) is 31.5 Å². The van der Waals surface area contributed by atoms with Crippen LogP contribution < -0.4 is 10.5 Å². The van der Waals surface area contributed by atoms with E-state index in [4.69, 9.17) is 4.42 Å². The van der Waals surface area contributed by atoms with Gasteiger partial charge in [-0.2, -0.15) is 5.10 Å². The lowest BCUT2D eigenvalue weighted by atomic mass is 10.1. The fourth-order valence-corrected chi connectivity index (χ4v) is 3.76. The molecule has 2 aromatic carbocycles. The fourth-order valence-electron chi connectivity index (χ4n) is 3.76. The monoisotopic (exact) mass is 423 g/mol. The van der Waals surface area contributed by atoms with Crippen molar-refractivity contribution in [1.82, 2.24) is 20.0 Å². The van der Waals surface area contributed by atoms with Gasteiger partial charge in [0.25, 0.3) is 11.4 Å². The molecule has 2 aromatic heterocycles. The van der Waals surface area contributed by atoms with E-state index >= 15 is 0 Å². The quantitative estimate of drug-likeness (QED) is 0.503. The summed E-state index contributed by atoms with van der Waals surface area (Å²) >= 11 is 0. The van der Waals surface area contributed by atoms with E-state index in [2.05, 4.69) is 15.3 Å². The number of halogens is 2. The van der Waals surface area contributed by atoms with Crippen LogP contribution in [0.25, 0.3) is 22.4 Å². The molecule has 0 bridgehead atoms. The summed E-state index contributed by atoms with van der Waals surface area (Å²) in [5.41, 5.74) is 0.0963. The second kappa shape index (κ2) is 7.08. The molecule has 1 unspecified atom stereocenters.